The van der Waals surface area contributed by atoms with Gasteiger partial charge in [-0.05, 0) is 30.9 Å². The van der Waals surface area contributed by atoms with Gasteiger partial charge in [0.25, 0.3) is 0 Å². The number of carbonyl (C=O) groups is 3. The van der Waals surface area contributed by atoms with E-state index in [1.807, 2.05) is 49.2 Å². The van der Waals surface area contributed by atoms with Crippen molar-refractivity contribution in [3.63, 3.8) is 0 Å². The Kier molecular flexibility index (Phi) is 9.38. The van der Waals surface area contributed by atoms with E-state index in [-0.39, 0.29) is 18.2 Å². The molecule has 30 heavy (non-hydrogen) atoms. The highest BCUT2D eigenvalue weighted by molar-refractivity contribution is 5.87. The van der Waals surface area contributed by atoms with Gasteiger partial charge >= 0.3 is 5.97 Å². The summed E-state index contributed by atoms with van der Waals surface area (Å²) in [4.78, 5) is 42.0. The molecule has 0 spiro atoms. The van der Waals surface area contributed by atoms with Crippen LogP contribution in [0, 0.1) is 0 Å². The average Bonchev–Trinajstić information content (AvgIpc) is 3.15. The highest BCUT2D eigenvalue weighted by Crippen LogP contribution is 2.19. The van der Waals surface area contributed by atoms with Gasteiger partial charge in [0.15, 0.2) is 0 Å². The van der Waals surface area contributed by atoms with Crippen LogP contribution in [0.5, 0.6) is 0 Å². The van der Waals surface area contributed by atoms with E-state index >= 15 is 0 Å². The Morgan fingerprint density at radius 3 is 2.47 bits per heavy atom. The number of aromatic nitrogens is 1. The summed E-state index contributed by atoms with van der Waals surface area (Å²) < 4.78 is 4.88. The molecule has 0 unspecified atom stereocenters. The summed E-state index contributed by atoms with van der Waals surface area (Å²) >= 11 is 0. The number of amides is 2. The van der Waals surface area contributed by atoms with E-state index in [2.05, 4.69) is 10.3 Å². The molecule has 1 heterocycles. The molecule has 7 heteroatoms. The van der Waals surface area contributed by atoms with Crippen LogP contribution in [0.15, 0.2) is 30.5 Å². The lowest BCUT2D eigenvalue weighted by Crippen LogP contribution is -2.43. The van der Waals surface area contributed by atoms with E-state index in [1.54, 1.807) is 0 Å². The first-order valence-corrected chi connectivity index (χ1v) is 10.7. The molecular weight excluding hydrogens is 382 g/mol. The zero-order valence-corrected chi connectivity index (χ0v) is 18.2. The standard InChI is InChI=1S/C23H33N3O4/c1-4-13-26(14-5-2)22(28)12-8-11-21(27)25-20(23(29)30-3)15-17-16-24-19-10-7-6-9-18(17)19/h6-7,9-10,16,20,24H,4-5,8,11-15H2,1-3H3,(H,25,27)/t20-/m1/s1. The molecular formula is C23H33N3O4. The molecule has 2 rings (SSSR count). The molecule has 0 bridgehead atoms. The summed E-state index contributed by atoms with van der Waals surface area (Å²) in [6.45, 7) is 5.58. The molecule has 0 saturated heterocycles. The molecule has 1 aromatic heterocycles. The average molecular weight is 416 g/mol. The number of nitrogens with zero attached hydrogens (tertiary/aromatic N) is 1. The molecule has 2 aromatic rings. The van der Waals surface area contributed by atoms with E-state index in [4.69, 9.17) is 4.74 Å². The molecule has 164 valence electrons. The van der Waals surface area contributed by atoms with Gasteiger partial charge in [-0.3, -0.25) is 9.59 Å². The van der Waals surface area contributed by atoms with Crippen LogP contribution in [0.4, 0.5) is 0 Å². The van der Waals surface area contributed by atoms with Crippen LogP contribution in [0.3, 0.4) is 0 Å². The summed E-state index contributed by atoms with van der Waals surface area (Å²) in [6, 6.07) is 7.03. The van der Waals surface area contributed by atoms with Gasteiger partial charge in [-0.15, -0.1) is 0 Å². The number of aromatic amines is 1. The lowest BCUT2D eigenvalue weighted by molar-refractivity contribution is -0.145. The highest BCUT2D eigenvalue weighted by atomic mass is 16.5. The molecule has 1 aromatic carbocycles. The number of para-hydroxylation sites is 1. The normalized spacial score (nSPS) is 11.8. The van der Waals surface area contributed by atoms with Gasteiger partial charge < -0.3 is 19.9 Å². The molecule has 0 aliphatic heterocycles. The van der Waals surface area contributed by atoms with Gasteiger partial charge in [0.1, 0.15) is 6.04 Å². The lowest BCUT2D eigenvalue weighted by Gasteiger charge is -2.21. The Morgan fingerprint density at radius 1 is 1.10 bits per heavy atom. The minimum atomic E-state index is -0.769. The van der Waals surface area contributed by atoms with Gasteiger partial charge in [0.2, 0.25) is 11.8 Å². The van der Waals surface area contributed by atoms with Crippen LogP contribution in [-0.2, 0) is 25.5 Å². The summed E-state index contributed by atoms with van der Waals surface area (Å²) in [7, 11) is 1.31. The van der Waals surface area contributed by atoms with E-state index in [0.717, 1.165) is 42.4 Å². The third-order valence-electron chi connectivity index (χ3n) is 5.05. The fourth-order valence-corrected chi connectivity index (χ4v) is 3.58. The Morgan fingerprint density at radius 2 is 1.80 bits per heavy atom. The fraction of sp³-hybridized carbons (Fsp3) is 0.522. The maximum atomic E-state index is 12.4. The molecule has 0 aliphatic rings. The predicted molar refractivity (Wildman–Crippen MR) is 117 cm³/mol. The fourth-order valence-electron chi connectivity index (χ4n) is 3.58. The maximum absolute atomic E-state index is 12.4. The monoisotopic (exact) mass is 415 g/mol. The molecule has 7 nitrogen and oxygen atoms in total. The van der Waals surface area contributed by atoms with Crippen molar-refractivity contribution >= 4 is 28.7 Å². The summed E-state index contributed by atoms with van der Waals surface area (Å²) in [5.41, 5.74) is 1.91. The van der Waals surface area contributed by atoms with Crippen molar-refractivity contribution in [2.75, 3.05) is 20.2 Å². The van der Waals surface area contributed by atoms with Crippen LogP contribution < -0.4 is 5.32 Å². The third-order valence-corrected chi connectivity index (χ3v) is 5.05. The Bertz CT molecular complexity index is 840. The second kappa shape index (κ2) is 12.0. The largest absolute Gasteiger partial charge is 0.467 e. The minimum Gasteiger partial charge on any atom is -0.467 e. The third kappa shape index (κ3) is 6.61. The summed E-state index contributed by atoms with van der Waals surface area (Å²) in [6.07, 6.45) is 5.00. The molecule has 1 atom stereocenters. The number of benzene rings is 1. The number of methoxy groups -OCH3 is 1. The Hall–Kier alpha value is -2.83. The Labute approximate surface area is 178 Å². The summed E-state index contributed by atoms with van der Waals surface area (Å²) in [5, 5.41) is 3.78. The van der Waals surface area contributed by atoms with E-state index in [9.17, 15) is 14.4 Å². The number of fused-ring (bicyclic) bond motifs is 1. The molecule has 0 radical (unpaired) electrons. The molecule has 0 fully saturated rings. The maximum Gasteiger partial charge on any atom is 0.328 e. The van der Waals surface area contributed by atoms with Crippen molar-refractivity contribution in [1.82, 2.24) is 15.2 Å². The van der Waals surface area contributed by atoms with E-state index < -0.39 is 12.0 Å². The van der Waals surface area contributed by atoms with Gasteiger partial charge in [-0.2, -0.15) is 0 Å². The van der Waals surface area contributed by atoms with Crippen LogP contribution >= 0.6 is 0 Å². The smallest absolute Gasteiger partial charge is 0.328 e. The number of esters is 1. The number of rotatable bonds is 12. The quantitative estimate of drug-likeness (QED) is 0.521. The first-order valence-electron chi connectivity index (χ1n) is 10.7. The number of nitrogens with one attached hydrogen (secondary N) is 2. The molecule has 0 saturated carbocycles. The highest BCUT2D eigenvalue weighted by Gasteiger charge is 2.23. The van der Waals surface area contributed by atoms with Gasteiger partial charge in [-0.1, -0.05) is 32.0 Å². The number of H-pyrrole nitrogens is 1. The van der Waals surface area contributed by atoms with Crippen LogP contribution in [0.25, 0.3) is 10.9 Å². The van der Waals surface area contributed by atoms with Gasteiger partial charge in [0.05, 0.1) is 7.11 Å². The van der Waals surface area contributed by atoms with Crippen molar-refractivity contribution in [2.24, 2.45) is 0 Å². The van der Waals surface area contributed by atoms with Crippen LogP contribution in [-0.4, -0.2) is 53.9 Å². The first kappa shape index (κ1) is 23.4. The topological polar surface area (TPSA) is 91.5 Å². The Balaban J connectivity index is 1.91. The number of hydrogen-bond acceptors (Lipinski definition) is 4. The van der Waals surface area contributed by atoms with Crippen molar-refractivity contribution in [3.05, 3.63) is 36.0 Å². The van der Waals surface area contributed by atoms with Crippen molar-refractivity contribution in [1.29, 1.82) is 0 Å². The molecule has 2 amide bonds. The first-order chi connectivity index (χ1) is 14.5. The van der Waals surface area contributed by atoms with E-state index in [1.165, 1.54) is 7.11 Å². The van der Waals surface area contributed by atoms with Crippen LogP contribution in [0.1, 0.15) is 51.5 Å². The van der Waals surface area contributed by atoms with Gasteiger partial charge in [0, 0.05) is 49.5 Å². The van der Waals surface area contributed by atoms with Crippen LogP contribution in [0.2, 0.25) is 0 Å². The predicted octanol–water partition coefficient (Wildman–Crippen LogP) is 3.19. The van der Waals surface area contributed by atoms with Crippen molar-refractivity contribution < 1.29 is 19.1 Å². The number of ether oxygens (including phenoxy) is 1. The van der Waals surface area contributed by atoms with Crippen molar-refractivity contribution in [2.45, 2.75) is 58.4 Å². The minimum absolute atomic E-state index is 0.0785. The van der Waals surface area contributed by atoms with Crippen molar-refractivity contribution in [3.8, 4) is 0 Å². The second-order valence-electron chi connectivity index (χ2n) is 7.44. The zero-order valence-electron chi connectivity index (χ0n) is 18.2. The molecule has 2 N–H and O–H groups in total. The SMILES string of the molecule is CCCN(CCC)C(=O)CCCC(=O)N[C@H](Cc1c[nH]c2ccccc12)C(=O)OC. The summed E-state index contributed by atoms with van der Waals surface area (Å²) in [5.74, 6) is -0.660. The second-order valence-corrected chi connectivity index (χ2v) is 7.44. The number of hydrogen-bond donors (Lipinski definition) is 2. The lowest BCUT2D eigenvalue weighted by atomic mass is 10.0. The van der Waals surface area contributed by atoms with Gasteiger partial charge in [-0.25, -0.2) is 4.79 Å². The van der Waals surface area contributed by atoms with E-state index in [0.29, 0.717) is 19.3 Å². The number of carbonyl (C=O) groups excluding carboxylic acids is 3. The zero-order chi connectivity index (χ0) is 21.9. The molecule has 0 aliphatic carbocycles.